The van der Waals surface area contributed by atoms with Crippen molar-refractivity contribution in [3.05, 3.63) is 98.0 Å². The summed E-state index contributed by atoms with van der Waals surface area (Å²) in [4.78, 5) is 11.0. The highest BCUT2D eigenvalue weighted by atomic mass is 79.9. The minimum Gasteiger partial charge on any atom is -0.487 e. The van der Waals surface area contributed by atoms with E-state index in [2.05, 4.69) is 35.0 Å². The summed E-state index contributed by atoms with van der Waals surface area (Å²) in [6.45, 7) is 2.55. The fraction of sp³-hybridized carbons (Fsp3) is 0.174. The van der Waals surface area contributed by atoms with Crippen LogP contribution in [0.4, 0.5) is 0 Å². The molecule has 3 aromatic carbocycles. The molecule has 1 N–H and O–H groups in total. The summed E-state index contributed by atoms with van der Waals surface area (Å²) in [7, 11) is 0. The molecule has 0 aliphatic heterocycles. The van der Waals surface area contributed by atoms with Crippen LogP contribution >= 0.6 is 27.5 Å². The lowest BCUT2D eigenvalue weighted by molar-refractivity contribution is 0.0697. The molecule has 0 heterocycles. The Balaban J connectivity index is 1.76. The van der Waals surface area contributed by atoms with Gasteiger partial charge in [0, 0.05) is 5.02 Å². The maximum absolute atomic E-state index is 11.0. The molecule has 144 valence electrons. The van der Waals surface area contributed by atoms with Crippen LogP contribution in [0.2, 0.25) is 5.02 Å². The Bertz CT molecular complexity index is 984. The second-order valence-corrected chi connectivity index (χ2v) is 7.88. The van der Waals surface area contributed by atoms with Crippen molar-refractivity contribution < 1.29 is 14.6 Å². The summed E-state index contributed by atoms with van der Waals surface area (Å²) < 4.78 is 6.97. The van der Waals surface area contributed by atoms with Crippen molar-refractivity contribution in [2.24, 2.45) is 0 Å². The smallest absolute Gasteiger partial charge is 0.335 e. The van der Waals surface area contributed by atoms with E-state index in [-0.39, 0.29) is 5.56 Å². The summed E-state index contributed by atoms with van der Waals surface area (Å²) in [6, 6.07) is 18.8. The van der Waals surface area contributed by atoms with Crippen molar-refractivity contribution >= 4 is 33.5 Å². The Kier molecular flexibility index (Phi) is 6.76. The average Bonchev–Trinajstić information content (AvgIpc) is 2.67. The van der Waals surface area contributed by atoms with E-state index < -0.39 is 5.97 Å². The van der Waals surface area contributed by atoms with E-state index in [9.17, 15) is 4.79 Å². The van der Waals surface area contributed by atoms with Gasteiger partial charge >= 0.3 is 5.97 Å². The number of aromatic carboxylic acids is 1. The Morgan fingerprint density at radius 3 is 2.43 bits per heavy atom. The van der Waals surface area contributed by atoms with E-state index in [1.54, 1.807) is 12.1 Å². The number of carbonyl (C=O) groups is 1. The van der Waals surface area contributed by atoms with Crippen LogP contribution < -0.4 is 4.74 Å². The first-order valence-corrected chi connectivity index (χ1v) is 10.1. The first-order chi connectivity index (χ1) is 13.4. The summed E-state index contributed by atoms with van der Waals surface area (Å²) in [6.07, 6.45) is 1.49. The lowest BCUT2D eigenvalue weighted by Gasteiger charge is -2.15. The highest BCUT2D eigenvalue weighted by Crippen LogP contribution is 2.34. The van der Waals surface area contributed by atoms with Gasteiger partial charge in [-0.25, -0.2) is 4.79 Å². The summed E-state index contributed by atoms with van der Waals surface area (Å²) >= 11 is 9.82. The number of hydrogen-bond acceptors (Lipinski definition) is 2. The summed E-state index contributed by atoms with van der Waals surface area (Å²) in [5.41, 5.74) is 4.69. The Hall–Kier alpha value is -2.30. The third kappa shape index (κ3) is 5.15. The van der Waals surface area contributed by atoms with Crippen molar-refractivity contribution in [1.29, 1.82) is 0 Å². The lowest BCUT2D eigenvalue weighted by atomic mass is 10.0. The molecule has 5 heteroatoms. The van der Waals surface area contributed by atoms with E-state index >= 15 is 0 Å². The summed E-state index contributed by atoms with van der Waals surface area (Å²) in [5.74, 6) is -0.132. The van der Waals surface area contributed by atoms with E-state index in [4.69, 9.17) is 21.4 Å². The minimum absolute atomic E-state index is 0.288. The zero-order valence-electron chi connectivity index (χ0n) is 15.4. The second kappa shape index (κ2) is 9.26. The SMILES string of the molecule is Cc1ccccc1COc1c(Br)cc(Cl)cc1CCc1ccc(C(=O)O)cc1. The molecule has 3 rings (SSSR count). The Morgan fingerprint density at radius 1 is 1.04 bits per heavy atom. The van der Waals surface area contributed by atoms with Gasteiger partial charge in [-0.2, -0.15) is 0 Å². The molecule has 0 aliphatic carbocycles. The van der Waals surface area contributed by atoms with Crippen molar-refractivity contribution in [2.75, 3.05) is 0 Å². The minimum atomic E-state index is -0.919. The van der Waals surface area contributed by atoms with Crippen LogP contribution in [0.25, 0.3) is 0 Å². The molecule has 3 nitrogen and oxygen atoms in total. The standard InChI is InChI=1S/C23H20BrClO3/c1-15-4-2-3-5-19(15)14-28-22-18(12-20(25)13-21(22)24)11-8-16-6-9-17(10-7-16)23(26)27/h2-7,9-10,12-13H,8,11,14H2,1H3,(H,26,27). The fourth-order valence-electron chi connectivity index (χ4n) is 2.98. The van der Waals surface area contributed by atoms with Gasteiger partial charge < -0.3 is 9.84 Å². The highest BCUT2D eigenvalue weighted by molar-refractivity contribution is 9.10. The number of carboxylic acids is 1. The predicted molar refractivity (Wildman–Crippen MR) is 115 cm³/mol. The van der Waals surface area contributed by atoms with Gasteiger partial charge in [0.2, 0.25) is 0 Å². The quantitative estimate of drug-likeness (QED) is 0.440. The van der Waals surface area contributed by atoms with Crippen molar-refractivity contribution in [1.82, 2.24) is 0 Å². The predicted octanol–water partition coefficient (Wildman–Crippen LogP) is 6.47. The molecule has 0 bridgehead atoms. The lowest BCUT2D eigenvalue weighted by Crippen LogP contribution is -2.03. The summed E-state index contributed by atoms with van der Waals surface area (Å²) in [5, 5.41) is 9.66. The number of carboxylic acid groups (broad SMARTS) is 1. The molecule has 0 spiro atoms. The molecule has 28 heavy (non-hydrogen) atoms. The van der Waals surface area contributed by atoms with E-state index in [0.29, 0.717) is 11.6 Å². The van der Waals surface area contributed by atoms with Gasteiger partial charge in [-0.05, 0) is 82.2 Å². The van der Waals surface area contributed by atoms with E-state index in [0.717, 1.165) is 39.8 Å². The molecule has 0 saturated carbocycles. The normalized spacial score (nSPS) is 10.7. The fourth-order valence-corrected chi connectivity index (χ4v) is 3.96. The molecular weight excluding hydrogens is 440 g/mol. The van der Waals surface area contributed by atoms with Crippen molar-refractivity contribution in [3.8, 4) is 5.75 Å². The molecule has 0 aromatic heterocycles. The molecule has 0 unspecified atom stereocenters. The number of ether oxygens (including phenoxy) is 1. The van der Waals surface area contributed by atoms with Crippen LogP contribution in [0.3, 0.4) is 0 Å². The van der Waals surface area contributed by atoms with Crippen LogP contribution in [0.1, 0.15) is 32.6 Å². The van der Waals surface area contributed by atoms with Gasteiger partial charge in [-0.15, -0.1) is 0 Å². The van der Waals surface area contributed by atoms with Gasteiger partial charge in [0.25, 0.3) is 0 Å². The molecule has 0 aliphatic rings. The average molecular weight is 460 g/mol. The van der Waals surface area contributed by atoms with Gasteiger partial charge in [0.1, 0.15) is 12.4 Å². The zero-order chi connectivity index (χ0) is 20.1. The number of halogens is 2. The maximum Gasteiger partial charge on any atom is 0.335 e. The molecular formula is C23H20BrClO3. The largest absolute Gasteiger partial charge is 0.487 e. The zero-order valence-corrected chi connectivity index (χ0v) is 17.8. The van der Waals surface area contributed by atoms with Gasteiger partial charge in [-0.1, -0.05) is 48.0 Å². The third-order valence-electron chi connectivity index (χ3n) is 4.60. The van der Waals surface area contributed by atoms with Crippen LogP contribution in [-0.4, -0.2) is 11.1 Å². The van der Waals surface area contributed by atoms with Crippen molar-refractivity contribution in [3.63, 3.8) is 0 Å². The van der Waals surface area contributed by atoms with Gasteiger partial charge in [0.05, 0.1) is 10.0 Å². The highest BCUT2D eigenvalue weighted by Gasteiger charge is 2.12. The first-order valence-electron chi connectivity index (χ1n) is 8.91. The number of rotatable bonds is 7. The Labute approximate surface area is 178 Å². The van der Waals surface area contributed by atoms with E-state index in [1.807, 2.05) is 36.4 Å². The monoisotopic (exact) mass is 458 g/mol. The Morgan fingerprint density at radius 2 is 1.75 bits per heavy atom. The van der Waals surface area contributed by atoms with Crippen LogP contribution in [-0.2, 0) is 19.4 Å². The molecule has 0 radical (unpaired) electrons. The molecule has 0 atom stereocenters. The van der Waals surface area contributed by atoms with Crippen LogP contribution in [0, 0.1) is 6.92 Å². The van der Waals surface area contributed by atoms with E-state index in [1.165, 1.54) is 5.56 Å². The molecule has 3 aromatic rings. The van der Waals surface area contributed by atoms with Gasteiger partial charge in [-0.3, -0.25) is 0 Å². The molecule has 0 fully saturated rings. The van der Waals surface area contributed by atoms with Crippen LogP contribution in [0.5, 0.6) is 5.75 Å². The number of aryl methyl sites for hydroxylation is 3. The second-order valence-electron chi connectivity index (χ2n) is 6.59. The van der Waals surface area contributed by atoms with Gasteiger partial charge in [0.15, 0.2) is 0 Å². The molecule has 0 saturated heterocycles. The third-order valence-corrected chi connectivity index (χ3v) is 5.41. The number of hydrogen-bond donors (Lipinski definition) is 1. The first kappa shape index (κ1) is 20.4. The van der Waals surface area contributed by atoms with Crippen molar-refractivity contribution in [2.45, 2.75) is 26.4 Å². The van der Waals surface area contributed by atoms with Crippen LogP contribution in [0.15, 0.2) is 65.1 Å². The topological polar surface area (TPSA) is 46.5 Å². The number of benzene rings is 3. The molecule has 0 amide bonds. The maximum atomic E-state index is 11.0.